The van der Waals surface area contributed by atoms with Crippen LogP contribution in [-0.2, 0) is 13.1 Å². The highest BCUT2D eigenvalue weighted by Gasteiger charge is 2.38. The molecule has 2 N–H and O–H groups in total. The first-order chi connectivity index (χ1) is 7.43. The third-order valence-corrected chi connectivity index (χ3v) is 1.88. The summed E-state index contributed by atoms with van der Waals surface area (Å²) in [5.41, 5.74) is 0.538. The van der Waals surface area contributed by atoms with Gasteiger partial charge in [0.25, 0.3) is 0 Å². The second-order valence-corrected chi connectivity index (χ2v) is 3.27. The topological polar surface area (TPSA) is 63.0 Å². The van der Waals surface area contributed by atoms with Crippen molar-refractivity contribution >= 4 is 0 Å². The molecule has 92 valence electrons. The molecule has 8 heteroatoms. The summed E-state index contributed by atoms with van der Waals surface area (Å²) < 4.78 is 37.0. The van der Waals surface area contributed by atoms with Crippen LogP contribution < -0.4 is 5.32 Å². The number of nitrogens with one attached hydrogen (secondary N) is 1. The number of rotatable bonds is 5. The van der Waals surface area contributed by atoms with E-state index >= 15 is 0 Å². The van der Waals surface area contributed by atoms with Gasteiger partial charge in [-0.15, -0.1) is 5.10 Å². The highest BCUT2D eigenvalue weighted by atomic mass is 19.4. The van der Waals surface area contributed by atoms with Crippen LogP contribution in [-0.4, -0.2) is 38.9 Å². The van der Waals surface area contributed by atoms with Crippen molar-refractivity contribution in [3.63, 3.8) is 0 Å². The van der Waals surface area contributed by atoms with Crippen molar-refractivity contribution in [2.75, 3.05) is 6.54 Å². The Balaban J connectivity index is 2.52. The first kappa shape index (κ1) is 12.9. The average molecular weight is 238 g/mol. The molecule has 0 aliphatic carbocycles. The molecule has 0 fully saturated rings. The fraction of sp³-hybridized carbons (Fsp3) is 0.750. The van der Waals surface area contributed by atoms with Crippen molar-refractivity contribution in [2.45, 2.75) is 32.3 Å². The van der Waals surface area contributed by atoms with Crippen LogP contribution in [0, 0.1) is 0 Å². The summed E-state index contributed by atoms with van der Waals surface area (Å²) in [6.45, 7) is 2.44. The zero-order valence-corrected chi connectivity index (χ0v) is 8.70. The Bertz CT molecular complexity index is 325. The van der Waals surface area contributed by atoms with E-state index < -0.39 is 18.8 Å². The van der Waals surface area contributed by atoms with Crippen LogP contribution in [0.25, 0.3) is 0 Å². The van der Waals surface area contributed by atoms with Gasteiger partial charge in [-0.3, -0.25) is 0 Å². The minimum Gasteiger partial charge on any atom is -0.382 e. The minimum atomic E-state index is -4.63. The predicted octanol–water partition coefficient (Wildman–Crippen LogP) is 0.311. The summed E-state index contributed by atoms with van der Waals surface area (Å²) in [5, 5.41) is 18.9. The van der Waals surface area contributed by atoms with E-state index in [0.717, 1.165) is 11.2 Å². The van der Waals surface area contributed by atoms with Gasteiger partial charge in [0.15, 0.2) is 6.10 Å². The monoisotopic (exact) mass is 238 g/mol. The van der Waals surface area contributed by atoms with Gasteiger partial charge >= 0.3 is 6.18 Å². The number of alkyl halides is 3. The maximum absolute atomic E-state index is 12.0. The normalized spacial score (nSPS) is 14.1. The molecule has 0 spiro atoms. The molecule has 1 rings (SSSR count). The molecular formula is C8H13F3N4O. The van der Waals surface area contributed by atoms with Gasteiger partial charge in [-0.2, -0.15) is 13.2 Å². The predicted molar refractivity (Wildman–Crippen MR) is 49.5 cm³/mol. The molecule has 1 atom stereocenters. The molecule has 1 aromatic rings. The molecule has 1 heterocycles. The first-order valence-electron chi connectivity index (χ1n) is 4.78. The van der Waals surface area contributed by atoms with Crippen molar-refractivity contribution < 1.29 is 18.3 Å². The van der Waals surface area contributed by atoms with Crippen LogP contribution in [0.5, 0.6) is 0 Å². The van der Waals surface area contributed by atoms with E-state index in [1.807, 2.05) is 6.92 Å². The Morgan fingerprint density at radius 3 is 2.81 bits per heavy atom. The standard InChI is InChI=1S/C8H13F3N4O/c1-2-12-3-6-4-15(14-13-6)5-7(16)8(9,10)11/h4,7,12,16H,2-3,5H2,1H3. The lowest BCUT2D eigenvalue weighted by Gasteiger charge is -2.13. The average Bonchev–Trinajstić information content (AvgIpc) is 2.61. The molecule has 16 heavy (non-hydrogen) atoms. The third kappa shape index (κ3) is 3.78. The number of hydrogen-bond donors (Lipinski definition) is 2. The molecule has 0 amide bonds. The molecule has 0 saturated carbocycles. The van der Waals surface area contributed by atoms with Crippen LogP contribution in [0.15, 0.2) is 6.20 Å². The maximum atomic E-state index is 12.0. The summed E-state index contributed by atoms with van der Waals surface area (Å²) in [7, 11) is 0. The first-order valence-corrected chi connectivity index (χ1v) is 4.78. The van der Waals surface area contributed by atoms with E-state index in [9.17, 15) is 13.2 Å². The number of halogens is 3. The van der Waals surface area contributed by atoms with Gasteiger partial charge in [0.05, 0.1) is 12.2 Å². The zero-order chi connectivity index (χ0) is 12.2. The molecule has 0 saturated heterocycles. The van der Waals surface area contributed by atoms with Crippen molar-refractivity contribution in [1.82, 2.24) is 20.3 Å². The highest BCUT2D eigenvalue weighted by Crippen LogP contribution is 2.20. The Labute approximate surface area is 90.3 Å². The molecule has 0 aliphatic heterocycles. The van der Waals surface area contributed by atoms with Crippen LogP contribution in [0.1, 0.15) is 12.6 Å². The molecule has 0 aliphatic rings. The Hall–Kier alpha value is -1.15. The summed E-state index contributed by atoms with van der Waals surface area (Å²) >= 11 is 0. The van der Waals surface area contributed by atoms with E-state index in [0.29, 0.717) is 12.2 Å². The Morgan fingerprint density at radius 2 is 2.25 bits per heavy atom. The van der Waals surface area contributed by atoms with Gasteiger partial charge in [0.1, 0.15) is 0 Å². The van der Waals surface area contributed by atoms with Gasteiger partial charge in [0, 0.05) is 12.7 Å². The number of aliphatic hydroxyl groups is 1. The lowest BCUT2D eigenvalue weighted by Crippen LogP contribution is -2.33. The Morgan fingerprint density at radius 1 is 1.56 bits per heavy atom. The molecular weight excluding hydrogens is 225 g/mol. The maximum Gasteiger partial charge on any atom is 0.416 e. The van der Waals surface area contributed by atoms with Crippen molar-refractivity contribution in [3.8, 4) is 0 Å². The fourth-order valence-corrected chi connectivity index (χ4v) is 1.04. The van der Waals surface area contributed by atoms with E-state index in [1.165, 1.54) is 6.20 Å². The van der Waals surface area contributed by atoms with Gasteiger partial charge in [0.2, 0.25) is 0 Å². The number of nitrogens with zero attached hydrogens (tertiary/aromatic N) is 3. The van der Waals surface area contributed by atoms with E-state index in [2.05, 4.69) is 15.6 Å². The summed E-state index contributed by atoms with van der Waals surface area (Å²) in [5.74, 6) is 0. The quantitative estimate of drug-likeness (QED) is 0.775. The second-order valence-electron chi connectivity index (χ2n) is 3.27. The summed E-state index contributed by atoms with van der Waals surface area (Å²) in [6, 6.07) is 0. The minimum absolute atomic E-state index is 0.443. The second kappa shape index (κ2) is 5.26. The molecule has 5 nitrogen and oxygen atoms in total. The number of aromatic nitrogens is 3. The Kier molecular flexibility index (Phi) is 4.25. The molecule has 1 unspecified atom stereocenters. The summed E-state index contributed by atoms with van der Waals surface area (Å²) in [4.78, 5) is 0. The van der Waals surface area contributed by atoms with E-state index in [-0.39, 0.29) is 0 Å². The smallest absolute Gasteiger partial charge is 0.382 e. The van der Waals surface area contributed by atoms with Crippen molar-refractivity contribution in [3.05, 3.63) is 11.9 Å². The number of aliphatic hydroxyl groups excluding tert-OH is 1. The van der Waals surface area contributed by atoms with E-state index in [1.54, 1.807) is 0 Å². The largest absolute Gasteiger partial charge is 0.416 e. The summed E-state index contributed by atoms with van der Waals surface area (Å²) in [6.07, 6.45) is -5.67. The van der Waals surface area contributed by atoms with Crippen molar-refractivity contribution in [1.29, 1.82) is 0 Å². The van der Waals surface area contributed by atoms with Gasteiger partial charge in [-0.1, -0.05) is 12.1 Å². The van der Waals surface area contributed by atoms with Crippen LogP contribution in [0.4, 0.5) is 13.2 Å². The van der Waals surface area contributed by atoms with Gasteiger partial charge < -0.3 is 10.4 Å². The SMILES string of the molecule is CCNCc1cn(CC(O)C(F)(F)F)nn1. The van der Waals surface area contributed by atoms with Crippen LogP contribution >= 0.6 is 0 Å². The molecule has 0 bridgehead atoms. The highest BCUT2D eigenvalue weighted by molar-refractivity contribution is 4.91. The zero-order valence-electron chi connectivity index (χ0n) is 8.70. The van der Waals surface area contributed by atoms with Gasteiger partial charge in [-0.05, 0) is 6.54 Å². The lowest BCUT2D eigenvalue weighted by atomic mass is 10.3. The van der Waals surface area contributed by atoms with E-state index in [4.69, 9.17) is 5.11 Å². The number of hydrogen-bond acceptors (Lipinski definition) is 4. The third-order valence-electron chi connectivity index (χ3n) is 1.88. The molecule has 1 aromatic heterocycles. The molecule has 0 aromatic carbocycles. The van der Waals surface area contributed by atoms with Crippen molar-refractivity contribution in [2.24, 2.45) is 0 Å². The van der Waals surface area contributed by atoms with Crippen LogP contribution in [0.3, 0.4) is 0 Å². The van der Waals surface area contributed by atoms with Crippen LogP contribution in [0.2, 0.25) is 0 Å². The molecule has 0 radical (unpaired) electrons. The lowest BCUT2D eigenvalue weighted by molar-refractivity contribution is -0.208. The fourth-order valence-electron chi connectivity index (χ4n) is 1.04. The van der Waals surface area contributed by atoms with Gasteiger partial charge in [-0.25, -0.2) is 4.68 Å².